The Balaban J connectivity index is 2.35. The van der Waals surface area contributed by atoms with Gasteiger partial charge in [-0.3, -0.25) is 14.9 Å². The molecule has 23 heavy (non-hydrogen) atoms. The van der Waals surface area contributed by atoms with Crippen molar-refractivity contribution in [1.82, 2.24) is 0 Å². The molecule has 0 bridgehead atoms. The minimum absolute atomic E-state index is 0.0999. The first-order chi connectivity index (χ1) is 11.0. The number of methoxy groups -OCH3 is 1. The maximum Gasteiger partial charge on any atom is 0.247 e. The number of ether oxygens (including phenoxy) is 1. The number of carbonyl (C=O) groups is 1. The molecule has 2 aliphatic rings. The van der Waals surface area contributed by atoms with Gasteiger partial charge in [0, 0.05) is 16.9 Å². The van der Waals surface area contributed by atoms with Gasteiger partial charge < -0.3 is 14.9 Å². The summed E-state index contributed by atoms with van der Waals surface area (Å²) in [5.41, 5.74) is -0.244. The van der Waals surface area contributed by atoms with Crippen molar-refractivity contribution in [1.29, 1.82) is 0 Å². The molecule has 0 amide bonds. The average molecular weight is 319 g/mol. The summed E-state index contributed by atoms with van der Waals surface area (Å²) in [6.45, 7) is -0.411. The van der Waals surface area contributed by atoms with Crippen LogP contribution < -0.4 is 4.74 Å². The summed E-state index contributed by atoms with van der Waals surface area (Å²) in [4.78, 5) is 22.8. The molecule has 1 aromatic rings. The fourth-order valence-electron chi connectivity index (χ4n) is 3.90. The number of rotatable bonds is 3. The highest BCUT2D eigenvalue weighted by Gasteiger charge is 2.58. The number of ketones is 1. The molecule has 1 aromatic carbocycles. The van der Waals surface area contributed by atoms with E-state index in [1.807, 2.05) is 0 Å². The lowest BCUT2D eigenvalue weighted by Gasteiger charge is -2.46. The van der Waals surface area contributed by atoms with E-state index in [-0.39, 0.29) is 12.2 Å². The molecule has 2 N–H and O–H groups in total. The Morgan fingerprint density at radius 3 is 2.83 bits per heavy atom. The van der Waals surface area contributed by atoms with Gasteiger partial charge >= 0.3 is 0 Å². The number of benzene rings is 1. The zero-order valence-electron chi connectivity index (χ0n) is 12.5. The summed E-state index contributed by atoms with van der Waals surface area (Å²) in [7, 11) is 1.46. The van der Waals surface area contributed by atoms with E-state index >= 15 is 0 Å². The first kappa shape index (κ1) is 15.6. The van der Waals surface area contributed by atoms with Gasteiger partial charge in [-0.15, -0.1) is 0 Å². The molecule has 0 aromatic heterocycles. The van der Waals surface area contributed by atoms with Crippen molar-refractivity contribution in [3.8, 4) is 5.75 Å². The highest BCUT2D eigenvalue weighted by molar-refractivity contribution is 5.91. The number of fused-ring (bicyclic) bond motifs is 3. The maximum absolute atomic E-state index is 11.8. The second-order valence-corrected chi connectivity index (χ2v) is 5.95. The highest BCUT2D eigenvalue weighted by Crippen LogP contribution is 2.53. The van der Waals surface area contributed by atoms with E-state index in [1.54, 1.807) is 18.2 Å². The number of aliphatic hydroxyl groups is 2. The van der Waals surface area contributed by atoms with E-state index < -0.39 is 35.0 Å². The third kappa shape index (κ3) is 2.08. The predicted octanol–water partition coefficient (Wildman–Crippen LogP) is 0.763. The van der Waals surface area contributed by atoms with Crippen LogP contribution in [0.2, 0.25) is 0 Å². The van der Waals surface area contributed by atoms with Gasteiger partial charge in [-0.1, -0.05) is 18.2 Å². The quantitative estimate of drug-likeness (QED) is 0.629. The smallest absolute Gasteiger partial charge is 0.247 e. The van der Waals surface area contributed by atoms with Crippen molar-refractivity contribution >= 4 is 5.78 Å². The molecule has 7 heteroatoms. The third-order valence-electron chi connectivity index (χ3n) is 4.95. The number of nitro groups is 1. The zero-order valence-corrected chi connectivity index (χ0v) is 12.5. The van der Waals surface area contributed by atoms with Crippen LogP contribution in [0.1, 0.15) is 23.7 Å². The SMILES string of the molecule is COc1cccc2c1[C@@]1(CO)C=CC(=O)CC1C([N+](=O)[O-])C2O. The van der Waals surface area contributed by atoms with Gasteiger partial charge in [0.25, 0.3) is 0 Å². The molecule has 0 aliphatic heterocycles. The fraction of sp³-hybridized carbons (Fsp3) is 0.438. The van der Waals surface area contributed by atoms with Gasteiger partial charge in [-0.25, -0.2) is 0 Å². The van der Waals surface area contributed by atoms with E-state index in [0.717, 1.165) is 0 Å². The first-order valence-electron chi connectivity index (χ1n) is 7.28. The Morgan fingerprint density at radius 2 is 2.22 bits per heavy atom. The van der Waals surface area contributed by atoms with Gasteiger partial charge in [-0.2, -0.15) is 0 Å². The van der Waals surface area contributed by atoms with E-state index in [2.05, 4.69) is 0 Å². The molecule has 0 radical (unpaired) electrons. The summed E-state index contributed by atoms with van der Waals surface area (Å²) in [6, 6.07) is 3.55. The first-order valence-corrected chi connectivity index (χ1v) is 7.28. The second-order valence-electron chi connectivity index (χ2n) is 5.95. The Labute approximate surface area is 132 Å². The zero-order chi connectivity index (χ0) is 16.8. The van der Waals surface area contributed by atoms with E-state index in [4.69, 9.17) is 4.74 Å². The topological polar surface area (TPSA) is 110 Å². The molecule has 3 unspecified atom stereocenters. The van der Waals surface area contributed by atoms with Gasteiger partial charge in [0.15, 0.2) is 5.78 Å². The summed E-state index contributed by atoms with van der Waals surface area (Å²) >= 11 is 0. The molecular weight excluding hydrogens is 302 g/mol. The van der Waals surface area contributed by atoms with Crippen LogP contribution in [-0.2, 0) is 10.2 Å². The monoisotopic (exact) mass is 319 g/mol. The van der Waals surface area contributed by atoms with Crippen LogP contribution >= 0.6 is 0 Å². The largest absolute Gasteiger partial charge is 0.496 e. The highest BCUT2D eigenvalue weighted by atomic mass is 16.6. The van der Waals surface area contributed by atoms with Crippen LogP contribution in [0.15, 0.2) is 30.4 Å². The standard InChI is InChI=1S/C16H17NO6/c1-23-12-4-2-3-10-13(12)16(8-18)6-5-9(19)7-11(16)14(15(10)20)17(21)22/h2-6,11,14-15,18,20H,7-8H2,1H3/t11?,14?,15?,16-/m1/s1. The molecule has 7 nitrogen and oxygen atoms in total. The number of nitrogens with zero attached hydrogens (tertiary/aromatic N) is 1. The lowest BCUT2D eigenvalue weighted by atomic mass is 9.57. The van der Waals surface area contributed by atoms with Crippen LogP contribution in [-0.4, -0.2) is 40.7 Å². The molecule has 2 aliphatic carbocycles. The number of hydrogen-bond acceptors (Lipinski definition) is 6. The summed E-state index contributed by atoms with van der Waals surface area (Å²) in [5, 5.41) is 32.2. The maximum atomic E-state index is 11.8. The molecule has 3 rings (SSSR count). The van der Waals surface area contributed by atoms with Gasteiger partial charge in [-0.05, 0) is 17.7 Å². The fourth-order valence-corrected chi connectivity index (χ4v) is 3.90. The van der Waals surface area contributed by atoms with E-state index in [1.165, 1.54) is 19.3 Å². The minimum Gasteiger partial charge on any atom is -0.496 e. The van der Waals surface area contributed by atoms with Gasteiger partial charge in [0.2, 0.25) is 6.04 Å². The molecule has 0 fully saturated rings. The van der Waals surface area contributed by atoms with Crippen LogP contribution in [0.3, 0.4) is 0 Å². The molecule has 0 saturated heterocycles. The van der Waals surface area contributed by atoms with Crippen molar-refractivity contribution in [2.45, 2.75) is 24.0 Å². The summed E-state index contributed by atoms with van der Waals surface area (Å²) in [5.74, 6) is -0.656. The molecule has 0 spiro atoms. The lowest BCUT2D eigenvalue weighted by molar-refractivity contribution is -0.549. The van der Waals surface area contributed by atoms with E-state index in [0.29, 0.717) is 16.9 Å². The Kier molecular flexibility index (Phi) is 3.69. The van der Waals surface area contributed by atoms with Gasteiger partial charge in [0.1, 0.15) is 11.9 Å². The lowest BCUT2D eigenvalue weighted by Crippen LogP contribution is -2.55. The Hall–Kier alpha value is -2.25. The van der Waals surface area contributed by atoms with E-state index in [9.17, 15) is 25.1 Å². The normalized spacial score (nSPS) is 32.1. The van der Waals surface area contributed by atoms with Crippen molar-refractivity contribution in [2.24, 2.45) is 5.92 Å². The number of hydrogen-bond donors (Lipinski definition) is 2. The third-order valence-corrected chi connectivity index (χ3v) is 4.95. The summed E-state index contributed by atoms with van der Waals surface area (Å²) < 4.78 is 5.35. The number of aliphatic hydroxyl groups excluding tert-OH is 2. The van der Waals surface area contributed by atoms with Crippen LogP contribution in [0.25, 0.3) is 0 Å². The second kappa shape index (κ2) is 5.43. The summed E-state index contributed by atoms with van der Waals surface area (Å²) in [6.07, 6.45) is 1.40. The minimum atomic E-state index is -1.37. The number of carbonyl (C=O) groups excluding carboxylic acids is 1. The molecule has 0 heterocycles. The Bertz CT molecular complexity index is 700. The van der Waals surface area contributed by atoms with Crippen LogP contribution in [0, 0.1) is 16.0 Å². The average Bonchev–Trinajstić information content (AvgIpc) is 2.54. The van der Waals surface area contributed by atoms with Crippen LogP contribution in [0.4, 0.5) is 0 Å². The molecule has 122 valence electrons. The van der Waals surface area contributed by atoms with Crippen molar-refractivity contribution in [3.05, 3.63) is 51.6 Å². The molecular formula is C16H17NO6. The Morgan fingerprint density at radius 1 is 1.48 bits per heavy atom. The molecule has 0 saturated carbocycles. The molecule has 4 atom stereocenters. The predicted molar refractivity (Wildman–Crippen MR) is 79.8 cm³/mol. The van der Waals surface area contributed by atoms with Crippen molar-refractivity contribution < 1.29 is 24.7 Å². The van der Waals surface area contributed by atoms with Crippen molar-refractivity contribution in [3.63, 3.8) is 0 Å². The number of allylic oxidation sites excluding steroid dienone is 1. The van der Waals surface area contributed by atoms with Crippen molar-refractivity contribution in [2.75, 3.05) is 13.7 Å². The van der Waals surface area contributed by atoms with Gasteiger partial charge in [0.05, 0.1) is 25.0 Å². The van der Waals surface area contributed by atoms with Crippen LogP contribution in [0.5, 0.6) is 5.75 Å².